The van der Waals surface area contributed by atoms with Crippen molar-refractivity contribution in [1.82, 2.24) is 4.31 Å². The van der Waals surface area contributed by atoms with Gasteiger partial charge in [-0.1, -0.05) is 30.2 Å². The quantitative estimate of drug-likeness (QED) is 0.718. The van der Waals surface area contributed by atoms with Crippen LogP contribution in [0.3, 0.4) is 0 Å². The zero-order chi connectivity index (χ0) is 19.6. The monoisotopic (exact) mass is 404 g/mol. The van der Waals surface area contributed by atoms with Crippen molar-refractivity contribution in [1.29, 1.82) is 0 Å². The fraction of sp³-hybridized carbons (Fsp3) is 0.350. The van der Waals surface area contributed by atoms with Gasteiger partial charge in [-0.2, -0.15) is 4.31 Å². The Morgan fingerprint density at radius 1 is 1.11 bits per heavy atom. The van der Waals surface area contributed by atoms with E-state index in [9.17, 15) is 18.3 Å². The Hall–Kier alpha value is -1.96. The van der Waals surface area contributed by atoms with Gasteiger partial charge in [0.15, 0.2) is 0 Å². The molecule has 7 heteroatoms. The van der Waals surface area contributed by atoms with Crippen LogP contribution in [0.25, 0.3) is 11.6 Å². The number of carbonyl (C=O) groups excluding carboxylic acids is 1. The summed E-state index contributed by atoms with van der Waals surface area (Å²) in [6.45, 7) is 4.91. The number of sulfonamides is 1. The van der Waals surface area contributed by atoms with Crippen molar-refractivity contribution < 1.29 is 18.3 Å². The first kappa shape index (κ1) is 19.8. The molecule has 2 aromatic rings. The second kappa shape index (κ2) is 7.96. The summed E-state index contributed by atoms with van der Waals surface area (Å²) in [7, 11) is -3.58. The number of piperidine rings is 1. The molecule has 1 aromatic heterocycles. The highest BCUT2D eigenvalue weighted by Crippen LogP contribution is 2.32. The molecule has 0 amide bonds. The number of hydrogen-bond acceptors (Lipinski definition) is 5. The Labute approximate surface area is 164 Å². The van der Waals surface area contributed by atoms with Crippen LogP contribution in [0.1, 0.15) is 40.8 Å². The summed E-state index contributed by atoms with van der Waals surface area (Å²) >= 11 is 0.979. The van der Waals surface area contributed by atoms with Crippen LogP contribution in [0.15, 0.2) is 34.5 Å². The molecule has 144 valence electrons. The molecule has 1 aliphatic heterocycles. The van der Waals surface area contributed by atoms with Crippen molar-refractivity contribution in [3.8, 4) is 0 Å². The maximum Gasteiger partial charge on any atom is 0.252 e. The minimum Gasteiger partial charge on any atom is -0.545 e. The van der Waals surface area contributed by atoms with Gasteiger partial charge in [-0.15, -0.1) is 11.3 Å². The molecule has 3 rings (SSSR count). The molecule has 0 radical (unpaired) electrons. The second-order valence-corrected chi connectivity index (χ2v) is 10.0. The van der Waals surface area contributed by atoms with Crippen LogP contribution in [0.5, 0.6) is 0 Å². The van der Waals surface area contributed by atoms with Crippen molar-refractivity contribution in [2.75, 3.05) is 13.1 Å². The molecular weight excluding hydrogens is 382 g/mol. The lowest BCUT2D eigenvalue weighted by Crippen LogP contribution is -2.35. The van der Waals surface area contributed by atoms with E-state index in [0.29, 0.717) is 18.0 Å². The number of benzene rings is 1. The van der Waals surface area contributed by atoms with Crippen LogP contribution in [0, 0.1) is 13.8 Å². The van der Waals surface area contributed by atoms with Gasteiger partial charge in [-0.25, -0.2) is 8.42 Å². The minimum atomic E-state index is -3.58. The zero-order valence-corrected chi connectivity index (χ0v) is 17.0. The third kappa shape index (κ3) is 4.31. The van der Waals surface area contributed by atoms with Gasteiger partial charge in [0.1, 0.15) is 4.21 Å². The van der Waals surface area contributed by atoms with Crippen LogP contribution in [0.2, 0.25) is 0 Å². The standard InChI is InChI=1S/C20H23NO4S2/c1-14-6-7-16(15(2)12-14)13-17(20(22)23)18-8-9-19(26-18)27(24,25)21-10-4-3-5-11-21/h6-9,12-13H,3-5,10-11H2,1-2H3,(H,22,23)/p-1/b17-13-. The van der Waals surface area contributed by atoms with Crippen molar-refractivity contribution in [3.05, 3.63) is 51.9 Å². The molecule has 1 saturated heterocycles. The van der Waals surface area contributed by atoms with Crippen LogP contribution in [-0.4, -0.2) is 31.8 Å². The van der Waals surface area contributed by atoms with E-state index in [0.717, 1.165) is 47.3 Å². The van der Waals surface area contributed by atoms with Gasteiger partial charge in [0.05, 0.1) is 5.97 Å². The van der Waals surface area contributed by atoms with E-state index in [1.165, 1.54) is 10.4 Å². The second-order valence-electron chi connectivity index (χ2n) is 6.79. The fourth-order valence-electron chi connectivity index (χ4n) is 3.21. The lowest BCUT2D eigenvalue weighted by atomic mass is 10.0. The zero-order valence-electron chi connectivity index (χ0n) is 15.4. The molecule has 1 aromatic carbocycles. The van der Waals surface area contributed by atoms with Crippen molar-refractivity contribution in [3.63, 3.8) is 0 Å². The van der Waals surface area contributed by atoms with E-state index in [4.69, 9.17) is 0 Å². The Bertz CT molecular complexity index is 983. The third-order valence-corrected chi connectivity index (χ3v) is 8.19. The number of rotatable bonds is 5. The number of carbonyl (C=O) groups is 1. The molecule has 0 aliphatic carbocycles. The minimum absolute atomic E-state index is 0.00736. The number of hydrogen-bond donors (Lipinski definition) is 0. The van der Waals surface area contributed by atoms with Crippen molar-refractivity contribution in [2.24, 2.45) is 0 Å². The van der Waals surface area contributed by atoms with Crippen molar-refractivity contribution in [2.45, 2.75) is 37.3 Å². The predicted molar refractivity (Wildman–Crippen MR) is 106 cm³/mol. The highest BCUT2D eigenvalue weighted by Gasteiger charge is 2.27. The molecule has 0 N–H and O–H groups in total. The summed E-state index contributed by atoms with van der Waals surface area (Å²) in [6, 6.07) is 8.77. The van der Waals surface area contributed by atoms with Crippen LogP contribution < -0.4 is 5.11 Å². The van der Waals surface area contributed by atoms with E-state index in [-0.39, 0.29) is 9.78 Å². The summed E-state index contributed by atoms with van der Waals surface area (Å²) in [5.41, 5.74) is 2.80. The molecule has 0 atom stereocenters. The molecule has 1 aliphatic rings. The number of carboxylic acids is 1. The molecule has 2 heterocycles. The summed E-state index contributed by atoms with van der Waals surface area (Å²) in [5.74, 6) is -1.32. The lowest BCUT2D eigenvalue weighted by Gasteiger charge is -2.25. The van der Waals surface area contributed by atoms with Crippen LogP contribution in [-0.2, 0) is 14.8 Å². The summed E-state index contributed by atoms with van der Waals surface area (Å²) in [5, 5.41) is 11.7. The SMILES string of the molecule is Cc1ccc(/C=C(\C(=O)[O-])c2ccc(S(=O)(=O)N3CCCCC3)s2)c(C)c1. The van der Waals surface area contributed by atoms with Gasteiger partial charge in [-0.05, 0) is 56.0 Å². The number of thiophene rings is 1. The highest BCUT2D eigenvalue weighted by atomic mass is 32.2. The molecule has 0 saturated carbocycles. The third-order valence-electron chi connectivity index (χ3n) is 4.70. The number of aryl methyl sites for hydroxylation is 2. The summed E-state index contributed by atoms with van der Waals surface area (Å²) in [4.78, 5) is 12.1. The maximum atomic E-state index is 12.8. The molecular formula is C20H22NO4S2-. The molecule has 5 nitrogen and oxygen atoms in total. The Morgan fingerprint density at radius 3 is 2.44 bits per heavy atom. The Morgan fingerprint density at radius 2 is 1.81 bits per heavy atom. The molecule has 0 spiro atoms. The van der Waals surface area contributed by atoms with E-state index in [1.807, 2.05) is 32.0 Å². The number of nitrogens with zero attached hydrogens (tertiary/aromatic N) is 1. The van der Waals surface area contributed by atoms with Crippen LogP contribution >= 0.6 is 11.3 Å². The first-order valence-electron chi connectivity index (χ1n) is 8.90. The van der Waals surface area contributed by atoms with Crippen LogP contribution in [0.4, 0.5) is 0 Å². The van der Waals surface area contributed by atoms with Gasteiger partial charge in [0.2, 0.25) is 0 Å². The topological polar surface area (TPSA) is 77.5 Å². The summed E-state index contributed by atoms with van der Waals surface area (Å²) < 4.78 is 27.3. The molecule has 1 fully saturated rings. The summed E-state index contributed by atoms with van der Waals surface area (Å²) in [6.07, 6.45) is 4.30. The Kier molecular flexibility index (Phi) is 5.83. The number of aliphatic carboxylic acids is 1. The van der Waals surface area contributed by atoms with Gasteiger partial charge in [0.25, 0.3) is 10.0 Å². The van der Waals surface area contributed by atoms with E-state index in [1.54, 1.807) is 12.1 Å². The average molecular weight is 405 g/mol. The normalized spacial score (nSPS) is 16.4. The maximum absolute atomic E-state index is 12.8. The average Bonchev–Trinajstić information content (AvgIpc) is 3.12. The Balaban J connectivity index is 1.96. The molecule has 0 bridgehead atoms. The fourth-order valence-corrected chi connectivity index (χ4v) is 6.19. The highest BCUT2D eigenvalue weighted by molar-refractivity contribution is 7.91. The first-order valence-corrected chi connectivity index (χ1v) is 11.2. The molecule has 27 heavy (non-hydrogen) atoms. The van der Waals surface area contributed by atoms with E-state index < -0.39 is 16.0 Å². The van der Waals surface area contributed by atoms with Gasteiger partial charge in [0, 0.05) is 23.5 Å². The number of carboxylic acid groups (broad SMARTS) is 1. The predicted octanol–water partition coefficient (Wildman–Crippen LogP) is 2.83. The molecule has 0 unspecified atom stereocenters. The smallest absolute Gasteiger partial charge is 0.252 e. The first-order chi connectivity index (χ1) is 12.8. The largest absolute Gasteiger partial charge is 0.545 e. The lowest BCUT2D eigenvalue weighted by molar-refractivity contribution is -0.295. The van der Waals surface area contributed by atoms with E-state index in [2.05, 4.69) is 0 Å². The van der Waals surface area contributed by atoms with Gasteiger partial charge >= 0.3 is 0 Å². The van der Waals surface area contributed by atoms with E-state index >= 15 is 0 Å². The van der Waals surface area contributed by atoms with Crippen molar-refractivity contribution >= 4 is 39.0 Å². The van der Waals surface area contributed by atoms with Gasteiger partial charge < -0.3 is 9.90 Å². The van der Waals surface area contributed by atoms with Gasteiger partial charge in [-0.3, -0.25) is 0 Å².